The Bertz CT molecular complexity index is 360. The predicted molar refractivity (Wildman–Crippen MR) is 57.1 cm³/mol. The number of methoxy groups -OCH3 is 1. The zero-order chi connectivity index (χ0) is 10.6. The number of ether oxygens (including phenoxy) is 1. The van der Waals surface area contributed by atoms with E-state index in [9.17, 15) is 4.79 Å². The van der Waals surface area contributed by atoms with Gasteiger partial charge in [0.15, 0.2) is 0 Å². The van der Waals surface area contributed by atoms with E-state index in [1.165, 1.54) is 12.7 Å². The lowest BCUT2D eigenvalue weighted by Gasteiger charge is -2.00. The molecular formula is C12H14O2. The number of hydrogen-bond acceptors (Lipinski definition) is 2. The maximum absolute atomic E-state index is 11.2. The minimum Gasteiger partial charge on any atom is -0.465 e. The highest BCUT2D eigenvalue weighted by Gasteiger charge is 2.03. The molecule has 0 saturated heterocycles. The van der Waals surface area contributed by atoms with Gasteiger partial charge in [-0.25, -0.2) is 4.79 Å². The summed E-state index contributed by atoms with van der Waals surface area (Å²) in [6.07, 6.45) is 2.02. The third kappa shape index (κ3) is 2.73. The van der Waals surface area contributed by atoms with Crippen LogP contribution in [0, 0.1) is 0 Å². The highest BCUT2D eigenvalue weighted by Crippen LogP contribution is 2.10. The largest absolute Gasteiger partial charge is 0.465 e. The van der Waals surface area contributed by atoms with E-state index >= 15 is 0 Å². The zero-order valence-corrected chi connectivity index (χ0v) is 8.70. The van der Waals surface area contributed by atoms with Crippen molar-refractivity contribution < 1.29 is 9.53 Å². The second-order valence-electron chi connectivity index (χ2n) is 3.34. The Labute approximate surface area is 84.2 Å². The summed E-state index contributed by atoms with van der Waals surface area (Å²) in [6.45, 7) is 4.04. The molecule has 2 heteroatoms. The molecule has 0 heterocycles. The normalized spacial score (nSPS) is 9.36. The van der Waals surface area contributed by atoms with Gasteiger partial charge in [-0.3, -0.25) is 0 Å². The molecular weight excluding hydrogens is 176 g/mol. The molecule has 14 heavy (non-hydrogen) atoms. The van der Waals surface area contributed by atoms with Crippen LogP contribution in [0.1, 0.15) is 29.8 Å². The zero-order valence-electron chi connectivity index (χ0n) is 8.70. The number of benzene rings is 1. The fraction of sp³-hybridized carbons (Fsp3) is 0.250. The Balaban J connectivity index is 3.01. The highest BCUT2D eigenvalue weighted by atomic mass is 16.5. The van der Waals surface area contributed by atoms with E-state index in [0.717, 1.165) is 5.56 Å². The first-order chi connectivity index (χ1) is 6.63. The minimum absolute atomic E-state index is 0.297. The molecule has 74 valence electrons. The van der Waals surface area contributed by atoms with Gasteiger partial charge in [-0.05, 0) is 31.5 Å². The summed E-state index contributed by atoms with van der Waals surface area (Å²) in [6, 6.07) is 7.37. The predicted octanol–water partition coefficient (Wildman–Crippen LogP) is 2.90. The molecule has 1 aromatic rings. The average molecular weight is 190 g/mol. The molecule has 0 aliphatic carbocycles. The van der Waals surface area contributed by atoms with E-state index in [0.29, 0.717) is 5.56 Å². The number of carbonyl (C=O) groups excluding carboxylic acids is 1. The Morgan fingerprint density at radius 3 is 2.64 bits per heavy atom. The van der Waals surface area contributed by atoms with Crippen molar-refractivity contribution >= 4 is 12.0 Å². The first-order valence-corrected chi connectivity index (χ1v) is 4.47. The van der Waals surface area contributed by atoms with E-state index in [4.69, 9.17) is 0 Å². The standard InChI is InChI=1S/C12H14O2/c1-9(2)7-10-5-4-6-11(8-10)12(13)14-3/h4-8H,1-3H3. The molecule has 0 aliphatic heterocycles. The van der Waals surface area contributed by atoms with Crippen LogP contribution in [0.2, 0.25) is 0 Å². The summed E-state index contributed by atoms with van der Waals surface area (Å²) >= 11 is 0. The smallest absolute Gasteiger partial charge is 0.337 e. The Morgan fingerprint density at radius 1 is 1.36 bits per heavy atom. The molecule has 2 nitrogen and oxygen atoms in total. The topological polar surface area (TPSA) is 26.3 Å². The van der Waals surface area contributed by atoms with E-state index < -0.39 is 0 Å². The molecule has 0 aliphatic rings. The second-order valence-corrected chi connectivity index (χ2v) is 3.34. The maximum Gasteiger partial charge on any atom is 0.337 e. The van der Waals surface area contributed by atoms with Crippen LogP contribution in [0.4, 0.5) is 0 Å². The molecule has 0 spiro atoms. The van der Waals surface area contributed by atoms with Gasteiger partial charge >= 0.3 is 5.97 Å². The third-order valence-electron chi connectivity index (χ3n) is 1.76. The fourth-order valence-corrected chi connectivity index (χ4v) is 1.21. The minimum atomic E-state index is -0.297. The molecule has 0 saturated carbocycles. The van der Waals surface area contributed by atoms with Gasteiger partial charge < -0.3 is 4.74 Å². The molecule has 0 bridgehead atoms. The van der Waals surface area contributed by atoms with Gasteiger partial charge in [0.1, 0.15) is 0 Å². The molecule has 0 radical (unpaired) electrons. The number of rotatable bonds is 2. The van der Waals surface area contributed by atoms with E-state index in [1.54, 1.807) is 6.07 Å². The summed E-state index contributed by atoms with van der Waals surface area (Å²) < 4.78 is 4.64. The van der Waals surface area contributed by atoms with Crippen molar-refractivity contribution in [3.05, 3.63) is 41.0 Å². The summed E-state index contributed by atoms with van der Waals surface area (Å²) in [4.78, 5) is 11.2. The monoisotopic (exact) mass is 190 g/mol. The molecule has 0 atom stereocenters. The van der Waals surface area contributed by atoms with E-state index in [2.05, 4.69) is 4.74 Å². The number of allylic oxidation sites excluding steroid dienone is 1. The molecule has 1 aromatic carbocycles. The number of esters is 1. The van der Waals surface area contributed by atoms with E-state index in [-0.39, 0.29) is 5.97 Å². The molecule has 0 amide bonds. The summed E-state index contributed by atoms with van der Waals surface area (Å²) in [5, 5.41) is 0. The third-order valence-corrected chi connectivity index (χ3v) is 1.76. The van der Waals surface area contributed by atoms with Gasteiger partial charge in [-0.2, -0.15) is 0 Å². The maximum atomic E-state index is 11.2. The van der Waals surface area contributed by atoms with E-state index in [1.807, 2.05) is 38.1 Å². The quantitative estimate of drug-likeness (QED) is 0.670. The SMILES string of the molecule is COC(=O)c1cccc(C=C(C)C)c1. The van der Waals surface area contributed by atoms with Crippen molar-refractivity contribution in [1.82, 2.24) is 0 Å². The molecule has 0 unspecified atom stereocenters. The van der Waals surface area contributed by atoms with Crippen LogP contribution in [0.3, 0.4) is 0 Å². The van der Waals surface area contributed by atoms with Crippen LogP contribution < -0.4 is 0 Å². The molecule has 0 N–H and O–H groups in total. The summed E-state index contributed by atoms with van der Waals surface area (Å²) in [5.41, 5.74) is 2.81. The van der Waals surface area contributed by atoms with Crippen LogP contribution in [0.5, 0.6) is 0 Å². The van der Waals surface area contributed by atoms with Crippen molar-refractivity contribution in [2.75, 3.05) is 7.11 Å². The van der Waals surface area contributed by atoms with Crippen LogP contribution >= 0.6 is 0 Å². The number of hydrogen-bond donors (Lipinski definition) is 0. The average Bonchev–Trinajstić information content (AvgIpc) is 2.16. The van der Waals surface area contributed by atoms with Crippen molar-refractivity contribution in [2.24, 2.45) is 0 Å². The van der Waals surface area contributed by atoms with Crippen molar-refractivity contribution in [2.45, 2.75) is 13.8 Å². The first-order valence-electron chi connectivity index (χ1n) is 4.47. The molecule has 0 fully saturated rings. The van der Waals surface area contributed by atoms with Gasteiger partial charge in [-0.15, -0.1) is 0 Å². The van der Waals surface area contributed by atoms with Crippen molar-refractivity contribution in [1.29, 1.82) is 0 Å². The highest BCUT2D eigenvalue weighted by molar-refractivity contribution is 5.90. The van der Waals surface area contributed by atoms with Gasteiger partial charge in [0.05, 0.1) is 12.7 Å². The van der Waals surface area contributed by atoms with Crippen LogP contribution in [0.15, 0.2) is 29.8 Å². The lowest BCUT2D eigenvalue weighted by Crippen LogP contribution is -2.00. The fourth-order valence-electron chi connectivity index (χ4n) is 1.21. The van der Waals surface area contributed by atoms with Crippen molar-refractivity contribution in [3.8, 4) is 0 Å². The summed E-state index contributed by atoms with van der Waals surface area (Å²) in [7, 11) is 1.38. The van der Waals surface area contributed by atoms with Crippen molar-refractivity contribution in [3.63, 3.8) is 0 Å². The lowest BCUT2D eigenvalue weighted by molar-refractivity contribution is 0.0600. The molecule has 1 rings (SSSR count). The first kappa shape index (κ1) is 10.5. The molecule has 0 aromatic heterocycles. The van der Waals surface area contributed by atoms with Gasteiger partial charge in [-0.1, -0.05) is 23.8 Å². The Kier molecular flexibility index (Phi) is 3.46. The van der Waals surface area contributed by atoms with Gasteiger partial charge in [0, 0.05) is 0 Å². The second kappa shape index (κ2) is 4.61. The Hall–Kier alpha value is -1.57. The van der Waals surface area contributed by atoms with Gasteiger partial charge in [0.2, 0.25) is 0 Å². The van der Waals surface area contributed by atoms with Crippen LogP contribution in [0.25, 0.3) is 6.08 Å². The van der Waals surface area contributed by atoms with Crippen LogP contribution in [-0.4, -0.2) is 13.1 Å². The summed E-state index contributed by atoms with van der Waals surface area (Å²) in [5.74, 6) is -0.297. The lowest BCUT2D eigenvalue weighted by atomic mass is 10.1. The number of carbonyl (C=O) groups is 1. The van der Waals surface area contributed by atoms with Crippen LogP contribution in [-0.2, 0) is 4.74 Å². The Morgan fingerprint density at radius 2 is 2.07 bits per heavy atom. The van der Waals surface area contributed by atoms with Gasteiger partial charge in [0.25, 0.3) is 0 Å².